The molecule has 1 aromatic carbocycles. The summed E-state index contributed by atoms with van der Waals surface area (Å²) in [5.74, 6) is -2.08. The normalized spacial score (nSPS) is 10.6. The lowest BCUT2D eigenvalue weighted by Gasteiger charge is -2.19. The number of carboxylic acid groups (broad SMARTS) is 1. The fourth-order valence-corrected chi connectivity index (χ4v) is 1.63. The van der Waals surface area contributed by atoms with Crippen LogP contribution in [-0.4, -0.2) is 35.0 Å². The van der Waals surface area contributed by atoms with E-state index in [1.807, 2.05) is 0 Å². The fourth-order valence-electron chi connectivity index (χ4n) is 1.63. The van der Waals surface area contributed by atoms with Crippen molar-refractivity contribution in [2.24, 2.45) is 5.73 Å². The van der Waals surface area contributed by atoms with Gasteiger partial charge in [0.25, 0.3) is 0 Å². The molecule has 5 nitrogen and oxygen atoms in total. The number of rotatable bonds is 6. The number of hydrogen-bond acceptors (Lipinski definition) is 3. The van der Waals surface area contributed by atoms with Crippen LogP contribution in [0.3, 0.4) is 0 Å². The van der Waals surface area contributed by atoms with Gasteiger partial charge in [-0.25, -0.2) is 4.39 Å². The zero-order valence-electron chi connectivity index (χ0n) is 10.0. The number of halogens is 1. The molecule has 0 atom stereocenters. The largest absolute Gasteiger partial charge is 0.480 e. The van der Waals surface area contributed by atoms with E-state index in [-0.39, 0.29) is 19.6 Å². The highest BCUT2D eigenvalue weighted by Gasteiger charge is 2.14. The Kier molecular flexibility index (Phi) is 4.79. The predicted molar refractivity (Wildman–Crippen MR) is 63.2 cm³/mol. The molecule has 98 valence electrons. The molecule has 6 heteroatoms. The van der Waals surface area contributed by atoms with Crippen molar-refractivity contribution < 1.29 is 19.1 Å². The van der Waals surface area contributed by atoms with Crippen LogP contribution >= 0.6 is 0 Å². The van der Waals surface area contributed by atoms with Crippen LogP contribution in [-0.2, 0) is 16.1 Å². The minimum atomic E-state index is -1.06. The average Bonchev–Trinajstić information content (AvgIpc) is 2.21. The molecule has 0 aromatic heterocycles. The quantitative estimate of drug-likeness (QED) is 0.774. The van der Waals surface area contributed by atoms with E-state index >= 15 is 0 Å². The number of carbonyl (C=O) groups excluding carboxylic acids is 1. The van der Waals surface area contributed by atoms with Gasteiger partial charge in [-0.05, 0) is 30.2 Å². The van der Waals surface area contributed by atoms with Gasteiger partial charge in [0.2, 0.25) is 5.91 Å². The highest BCUT2D eigenvalue weighted by atomic mass is 19.1. The molecule has 0 spiro atoms. The summed E-state index contributed by atoms with van der Waals surface area (Å²) in [7, 11) is 0. The van der Waals surface area contributed by atoms with Crippen molar-refractivity contribution in [3.8, 4) is 0 Å². The van der Waals surface area contributed by atoms with Gasteiger partial charge >= 0.3 is 5.97 Å². The Balaban J connectivity index is 2.84. The van der Waals surface area contributed by atoms with Gasteiger partial charge in [0, 0.05) is 6.54 Å². The standard InChI is InChI=1S/C12H15FN2O3/c1-8-2-3-10(13)4-9(8)5-15(6-11(14)16)7-12(17)18/h2-4H,5-7H2,1H3,(H2,14,16)(H,17,18). The smallest absolute Gasteiger partial charge is 0.317 e. The van der Waals surface area contributed by atoms with Crippen LogP contribution in [0, 0.1) is 12.7 Å². The third kappa shape index (κ3) is 4.50. The Morgan fingerprint density at radius 1 is 1.39 bits per heavy atom. The Morgan fingerprint density at radius 3 is 2.61 bits per heavy atom. The minimum absolute atomic E-state index is 0.166. The topological polar surface area (TPSA) is 83.6 Å². The van der Waals surface area contributed by atoms with Crippen molar-refractivity contribution in [2.45, 2.75) is 13.5 Å². The summed E-state index contributed by atoms with van der Waals surface area (Å²) >= 11 is 0. The molecule has 0 radical (unpaired) electrons. The predicted octanol–water partition coefficient (Wildman–Crippen LogP) is 0.506. The fraction of sp³-hybridized carbons (Fsp3) is 0.333. The summed E-state index contributed by atoms with van der Waals surface area (Å²) in [4.78, 5) is 22.9. The maximum absolute atomic E-state index is 13.1. The van der Waals surface area contributed by atoms with Crippen LogP contribution in [0.15, 0.2) is 18.2 Å². The van der Waals surface area contributed by atoms with Gasteiger partial charge in [-0.1, -0.05) is 6.07 Å². The van der Waals surface area contributed by atoms with E-state index in [0.717, 1.165) is 5.56 Å². The monoisotopic (exact) mass is 254 g/mol. The maximum Gasteiger partial charge on any atom is 0.317 e. The van der Waals surface area contributed by atoms with Crippen molar-refractivity contribution >= 4 is 11.9 Å². The molecule has 0 unspecified atom stereocenters. The first-order valence-corrected chi connectivity index (χ1v) is 5.36. The molecule has 1 amide bonds. The van der Waals surface area contributed by atoms with E-state index < -0.39 is 17.7 Å². The summed E-state index contributed by atoms with van der Waals surface area (Å²) in [5, 5.41) is 8.73. The van der Waals surface area contributed by atoms with Gasteiger partial charge in [0.15, 0.2) is 0 Å². The van der Waals surface area contributed by atoms with Crippen LogP contribution in [0.2, 0.25) is 0 Å². The third-order valence-electron chi connectivity index (χ3n) is 2.44. The van der Waals surface area contributed by atoms with Crippen molar-refractivity contribution in [1.29, 1.82) is 0 Å². The van der Waals surface area contributed by atoms with Gasteiger partial charge in [-0.2, -0.15) is 0 Å². The number of benzene rings is 1. The van der Waals surface area contributed by atoms with E-state index in [2.05, 4.69) is 0 Å². The summed E-state index contributed by atoms with van der Waals surface area (Å²) in [5.41, 5.74) is 6.51. The number of carboxylic acids is 1. The first-order valence-electron chi connectivity index (χ1n) is 5.36. The average molecular weight is 254 g/mol. The van der Waals surface area contributed by atoms with E-state index in [1.165, 1.54) is 17.0 Å². The lowest BCUT2D eigenvalue weighted by molar-refractivity contribution is -0.138. The van der Waals surface area contributed by atoms with E-state index in [4.69, 9.17) is 10.8 Å². The Bertz CT molecular complexity index is 447. The second-order valence-corrected chi connectivity index (χ2v) is 4.08. The van der Waals surface area contributed by atoms with Gasteiger partial charge in [0.05, 0.1) is 13.1 Å². The Labute approximate surface area is 104 Å². The lowest BCUT2D eigenvalue weighted by Crippen LogP contribution is -2.37. The van der Waals surface area contributed by atoms with Crippen molar-refractivity contribution in [2.75, 3.05) is 13.1 Å². The first kappa shape index (κ1) is 14.1. The summed E-state index contributed by atoms with van der Waals surface area (Å²) < 4.78 is 13.1. The van der Waals surface area contributed by atoms with Gasteiger partial charge in [0.1, 0.15) is 5.82 Å². The first-order chi connectivity index (χ1) is 8.38. The molecule has 0 aliphatic carbocycles. The molecule has 0 fully saturated rings. The molecule has 3 N–H and O–H groups in total. The lowest BCUT2D eigenvalue weighted by atomic mass is 10.1. The molecular weight excluding hydrogens is 239 g/mol. The van der Waals surface area contributed by atoms with Crippen LogP contribution in [0.4, 0.5) is 4.39 Å². The van der Waals surface area contributed by atoms with Crippen molar-refractivity contribution in [3.05, 3.63) is 35.1 Å². The highest BCUT2D eigenvalue weighted by molar-refractivity contribution is 5.77. The summed E-state index contributed by atoms with van der Waals surface area (Å²) in [6.45, 7) is 1.46. The van der Waals surface area contributed by atoms with E-state index in [1.54, 1.807) is 13.0 Å². The molecule has 0 aliphatic heterocycles. The van der Waals surface area contributed by atoms with Crippen LogP contribution in [0.25, 0.3) is 0 Å². The maximum atomic E-state index is 13.1. The molecular formula is C12H15FN2O3. The van der Waals surface area contributed by atoms with Gasteiger partial charge in [-0.15, -0.1) is 0 Å². The zero-order chi connectivity index (χ0) is 13.7. The van der Waals surface area contributed by atoms with E-state index in [0.29, 0.717) is 5.56 Å². The van der Waals surface area contributed by atoms with Crippen molar-refractivity contribution in [3.63, 3.8) is 0 Å². The second-order valence-electron chi connectivity index (χ2n) is 4.08. The van der Waals surface area contributed by atoms with Crippen LogP contribution < -0.4 is 5.73 Å². The number of aryl methyl sites for hydroxylation is 1. The molecule has 0 saturated carbocycles. The molecule has 0 heterocycles. The number of primary amides is 1. The number of amides is 1. The summed E-state index contributed by atoms with van der Waals surface area (Å²) in [6.07, 6.45) is 0. The number of hydrogen-bond donors (Lipinski definition) is 2. The number of nitrogens with zero attached hydrogens (tertiary/aromatic N) is 1. The molecule has 1 aromatic rings. The zero-order valence-corrected chi connectivity index (χ0v) is 10.0. The van der Waals surface area contributed by atoms with Crippen molar-refractivity contribution in [1.82, 2.24) is 4.90 Å². The second kappa shape index (κ2) is 6.11. The number of aliphatic carboxylic acids is 1. The SMILES string of the molecule is Cc1ccc(F)cc1CN(CC(N)=O)CC(=O)O. The number of carbonyl (C=O) groups is 2. The molecule has 0 bridgehead atoms. The third-order valence-corrected chi connectivity index (χ3v) is 2.44. The minimum Gasteiger partial charge on any atom is -0.480 e. The highest BCUT2D eigenvalue weighted by Crippen LogP contribution is 2.12. The van der Waals surface area contributed by atoms with Crippen LogP contribution in [0.1, 0.15) is 11.1 Å². The summed E-state index contributed by atoms with van der Waals surface area (Å²) in [6, 6.07) is 4.26. The molecule has 1 rings (SSSR count). The molecule has 0 aliphatic rings. The Morgan fingerprint density at radius 2 is 2.06 bits per heavy atom. The van der Waals surface area contributed by atoms with E-state index in [9.17, 15) is 14.0 Å². The van der Waals surface area contributed by atoms with Gasteiger partial charge in [-0.3, -0.25) is 14.5 Å². The molecule has 0 saturated heterocycles. The van der Waals surface area contributed by atoms with Crippen LogP contribution in [0.5, 0.6) is 0 Å². The van der Waals surface area contributed by atoms with Gasteiger partial charge < -0.3 is 10.8 Å². The Hall–Kier alpha value is -1.95. The molecule has 18 heavy (non-hydrogen) atoms. The number of nitrogens with two attached hydrogens (primary N) is 1.